The van der Waals surface area contributed by atoms with Crippen LogP contribution in [0.4, 0.5) is 0 Å². The summed E-state index contributed by atoms with van der Waals surface area (Å²) in [5, 5.41) is 9.86. The molecule has 0 bridgehead atoms. The number of hydrogen-bond donors (Lipinski definition) is 1. The number of nitrogens with one attached hydrogen (secondary N) is 1. The van der Waals surface area contributed by atoms with Crippen LogP contribution >= 0.6 is 11.3 Å². The van der Waals surface area contributed by atoms with Gasteiger partial charge in [0.2, 0.25) is 5.91 Å². The van der Waals surface area contributed by atoms with Crippen molar-refractivity contribution in [2.75, 3.05) is 14.2 Å². The van der Waals surface area contributed by atoms with Gasteiger partial charge in [0.05, 0.1) is 43.1 Å². The van der Waals surface area contributed by atoms with Gasteiger partial charge in [-0.2, -0.15) is 5.10 Å². The van der Waals surface area contributed by atoms with Crippen LogP contribution in [0.5, 0.6) is 11.5 Å². The molecule has 0 atom stereocenters. The second-order valence-electron chi connectivity index (χ2n) is 7.55. The summed E-state index contributed by atoms with van der Waals surface area (Å²) in [6, 6.07) is 12.3. The summed E-state index contributed by atoms with van der Waals surface area (Å²) in [7, 11) is 3.19. The molecule has 1 aromatic carbocycles. The molecule has 1 amide bonds. The third kappa shape index (κ3) is 4.99. The fourth-order valence-corrected chi connectivity index (χ4v) is 4.67. The zero-order valence-electron chi connectivity index (χ0n) is 17.8. The molecule has 2 heterocycles. The summed E-state index contributed by atoms with van der Waals surface area (Å²) < 4.78 is 12.7. The highest BCUT2D eigenvalue weighted by molar-refractivity contribution is 7.13. The lowest BCUT2D eigenvalue weighted by atomic mass is 10.2. The molecule has 1 N–H and O–H groups in total. The quantitative estimate of drug-likeness (QED) is 0.500. The monoisotopic (exact) mass is 437 g/mol. The van der Waals surface area contributed by atoms with Gasteiger partial charge in [0.1, 0.15) is 0 Å². The number of carbonyl (C=O) groups excluding carboxylic acids is 1. The Kier molecular flexibility index (Phi) is 6.72. The number of hydrogen-bond acceptors (Lipinski definition) is 5. The Morgan fingerprint density at radius 2 is 2.00 bits per heavy atom. The summed E-state index contributed by atoms with van der Waals surface area (Å²) in [5.74, 6) is 1.12. The Morgan fingerprint density at radius 1 is 1.19 bits per heavy atom. The Balaban J connectivity index is 1.42. The molecule has 1 saturated carbocycles. The number of methoxy groups -OCH3 is 2. The Labute approximate surface area is 186 Å². The number of carbonyl (C=O) groups is 1. The molecule has 4 rings (SSSR count). The molecule has 1 aliphatic rings. The molecule has 6 nitrogen and oxygen atoms in total. The van der Waals surface area contributed by atoms with E-state index in [4.69, 9.17) is 14.6 Å². The summed E-state index contributed by atoms with van der Waals surface area (Å²) in [6.45, 7) is 0.396. The third-order valence-electron chi connectivity index (χ3n) is 5.51. The van der Waals surface area contributed by atoms with E-state index in [0.29, 0.717) is 24.1 Å². The second kappa shape index (κ2) is 9.83. The van der Waals surface area contributed by atoms with Crippen LogP contribution in [0.15, 0.2) is 47.9 Å². The molecule has 0 spiro atoms. The van der Waals surface area contributed by atoms with Crippen molar-refractivity contribution in [3.63, 3.8) is 0 Å². The predicted molar refractivity (Wildman–Crippen MR) is 123 cm³/mol. The minimum absolute atomic E-state index is 0.164. The van der Waals surface area contributed by atoms with Crippen LogP contribution in [-0.4, -0.2) is 29.9 Å². The van der Waals surface area contributed by atoms with E-state index in [1.54, 1.807) is 31.6 Å². The molecule has 0 unspecified atom stereocenters. The van der Waals surface area contributed by atoms with E-state index in [1.807, 2.05) is 18.2 Å². The summed E-state index contributed by atoms with van der Waals surface area (Å²) in [6.07, 6.45) is 8.11. The van der Waals surface area contributed by atoms with E-state index < -0.39 is 0 Å². The first kappa shape index (κ1) is 21.2. The Bertz CT molecular complexity index is 1050. The standard InChI is InChI=1S/C24H27N3O3S/c1-29-21-11-9-17(14-22(21)30-2)10-12-24(28)25-16-18-15-20(23-8-5-13-31-23)27(26-18)19-6-3-4-7-19/h5,8-15,19H,3-4,6-7,16H2,1-2H3,(H,25,28). The smallest absolute Gasteiger partial charge is 0.244 e. The van der Waals surface area contributed by atoms with E-state index >= 15 is 0 Å². The first-order valence-electron chi connectivity index (χ1n) is 10.5. The lowest BCUT2D eigenvalue weighted by molar-refractivity contribution is -0.116. The van der Waals surface area contributed by atoms with E-state index in [1.165, 1.54) is 36.6 Å². The van der Waals surface area contributed by atoms with E-state index in [-0.39, 0.29) is 5.91 Å². The van der Waals surface area contributed by atoms with Crippen molar-refractivity contribution >= 4 is 23.3 Å². The van der Waals surface area contributed by atoms with Crippen molar-refractivity contribution in [3.8, 4) is 22.1 Å². The third-order valence-corrected chi connectivity index (χ3v) is 6.40. The van der Waals surface area contributed by atoms with Gasteiger partial charge in [-0.25, -0.2) is 0 Å². The van der Waals surface area contributed by atoms with Crippen molar-refractivity contribution in [2.24, 2.45) is 0 Å². The number of benzene rings is 1. The first-order chi connectivity index (χ1) is 15.2. The van der Waals surface area contributed by atoms with E-state index in [0.717, 1.165) is 17.0 Å². The number of nitrogens with zero attached hydrogens (tertiary/aromatic N) is 2. The molecule has 1 aliphatic carbocycles. The van der Waals surface area contributed by atoms with Crippen LogP contribution in [0.2, 0.25) is 0 Å². The van der Waals surface area contributed by atoms with Crippen LogP contribution in [0, 0.1) is 0 Å². The minimum Gasteiger partial charge on any atom is -0.493 e. The summed E-state index contributed by atoms with van der Waals surface area (Å²) >= 11 is 1.72. The SMILES string of the molecule is COc1ccc(C=CC(=O)NCc2cc(-c3cccs3)n(C3CCCC3)n2)cc1OC. The first-order valence-corrected chi connectivity index (χ1v) is 11.4. The highest BCUT2D eigenvalue weighted by atomic mass is 32.1. The largest absolute Gasteiger partial charge is 0.493 e. The average molecular weight is 438 g/mol. The fourth-order valence-electron chi connectivity index (χ4n) is 3.93. The lowest BCUT2D eigenvalue weighted by Gasteiger charge is -2.13. The Hall–Kier alpha value is -3.06. The van der Waals surface area contributed by atoms with E-state index in [2.05, 4.69) is 33.6 Å². The molecule has 0 radical (unpaired) electrons. The van der Waals surface area contributed by atoms with Crippen LogP contribution in [0.25, 0.3) is 16.6 Å². The van der Waals surface area contributed by atoms with Crippen molar-refractivity contribution in [3.05, 3.63) is 59.1 Å². The zero-order chi connectivity index (χ0) is 21.6. The molecule has 7 heteroatoms. The van der Waals surface area contributed by atoms with Gasteiger partial charge in [-0.3, -0.25) is 9.48 Å². The number of aromatic nitrogens is 2. The molecular weight excluding hydrogens is 410 g/mol. The molecular formula is C24H27N3O3S. The topological polar surface area (TPSA) is 65.4 Å². The van der Waals surface area contributed by atoms with Crippen molar-refractivity contribution < 1.29 is 14.3 Å². The molecule has 0 saturated heterocycles. The van der Waals surface area contributed by atoms with Crippen LogP contribution < -0.4 is 14.8 Å². The number of amides is 1. The second-order valence-corrected chi connectivity index (χ2v) is 8.49. The average Bonchev–Trinajstić information content (AvgIpc) is 3.56. The number of thiophene rings is 1. The lowest BCUT2D eigenvalue weighted by Crippen LogP contribution is -2.20. The van der Waals surface area contributed by atoms with Gasteiger partial charge in [-0.15, -0.1) is 11.3 Å². The maximum atomic E-state index is 12.4. The van der Waals surface area contributed by atoms with Crippen molar-refractivity contribution in [1.29, 1.82) is 0 Å². The van der Waals surface area contributed by atoms with Gasteiger partial charge in [0.15, 0.2) is 11.5 Å². The normalized spacial score (nSPS) is 14.3. The number of rotatable bonds is 8. The maximum Gasteiger partial charge on any atom is 0.244 e. The van der Waals surface area contributed by atoms with Crippen LogP contribution in [0.3, 0.4) is 0 Å². The maximum absolute atomic E-state index is 12.4. The minimum atomic E-state index is -0.164. The number of ether oxygens (including phenoxy) is 2. The van der Waals surface area contributed by atoms with Crippen LogP contribution in [0.1, 0.15) is 43.0 Å². The van der Waals surface area contributed by atoms with Gasteiger partial charge in [0, 0.05) is 6.08 Å². The summed E-state index contributed by atoms with van der Waals surface area (Å²) in [4.78, 5) is 13.6. The predicted octanol–water partition coefficient (Wildman–Crippen LogP) is 5.07. The fraction of sp³-hybridized carbons (Fsp3) is 0.333. The summed E-state index contributed by atoms with van der Waals surface area (Å²) in [5.41, 5.74) is 2.88. The molecule has 0 aliphatic heterocycles. The zero-order valence-corrected chi connectivity index (χ0v) is 18.7. The van der Waals surface area contributed by atoms with Gasteiger partial charge >= 0.3 is 0 Å². The highest BCUT2D eigenvalue weighted by Gasteiger charge is 2.22. The van der Waals surface area contributed by atoms with Crippen molar-refractivity contribution in [1.82, 2.24) is 15.1 Å². The molecule has 162 valence electrons. The highest BCUT2D eigenvalue weighted by Crippen LogP contribution is 2.35. The van der Waals surface area contributed by atoms with Gasteiger partial charge in [-0.05, 0) is 54.1 Å². The van der Waals surface area contributed by atoms with Crippen LogP contribution in [-0.2, 0) is 11.3 Å². The molecule has 2 aromatic heterocycles. The van der Waals surface area contributed by atoms with Gasteiger partial charge < -0.3 is 14.8 Å². The molecule has 1 fully saturated rings. The van der Waals surface area contributed by atoms with Gasteiger partial charge in [0.25, 0.3) is 0 Å². The van der Waals surface area contributed by atoms with Gasteiger partial charge in [-0.1, -0.05) is 25.0 Å². The Morgan fingerprint density at radius 3 is 2.71 bits per heavy atom. The molecule has 31 heavy (non-hydrogen) atoms. The molecule has 3 aromatic rings. The van der Waals surface area contributed by atoms with E-state index in [9.17, 15) is 4.79 Å². The van der Waals surface area contributed by atoms with Crippen molar-refractivity contribution in [2.45, 2.75) is 38.3 Å².